The number of methoxy groups -OCH3 is 1. The molecule has 3 aromatic rings. The number of rotatable bonds is 5. The highest BCUT2D eigenvalue weighted by atomic mass is 16.5. The zero-order chi connectivity index (χ0) is 30.7. The normalized spacial score (nSPS) is 24.4. The Morgan fingerprint density at radius 1 is 0.864 bits per heavy atom. The van der Waals surface area contributed by atoms with Gasteiger partial charge in [0.15, 0.2) is 11.6 Å². The van der Waals surface area contributed by atoms with Crippen molar-refractivity contribution in [3.05, 3.63) is 113 Å². The fourth-order valence-electron chi connectivity index (χ4n) is 7.35. The van der Waals surface area contributed by atoms with E-state index >= 15 is 0 Å². The fourth-order valence-corrected chi connectivity index (χ4v) is 7.35. The van der Waals surface area contributed by atoms with Crippen molar-refractivity contribution in [3.8, 4) is 11.5 Å². The number of imide groups is 1. The van der Waals surface area contributed by atoms with Gasteiger partial charge in [-0.1, -0.05) is 35.9 Å². The summed E-state index contributed by atoms with van der Waals surface area (Å²) in [6.45, 7) is 1.61. The number of amides is 2. The third-order valence-corrected chi connectivity index (χ3v) is 9.30. The van der Waals surface area contributed by atoms with Crippen molar-refractivity contribution >= 4 is 40.4 Å². The van der Waals surface area contributed by atoms with E-state index in [0.29, 0.717) is 40.1 Å². The van der Waals surface area contributed by atoms with Crippen LogP contribution in [0.5, 0.6) is 11.5 Å². The number of para-hydroxylation sites is 1. The summed E-state index contributed by atoms with van der Waals surface area (Å²) in [4.78, 5) is 56.3. The lowest BCUT2D eigenvalue weighted by Gasteiger charge is -2.42. The van der Waals surface area contributed by atoms with Crippen LogP contribution < -0.4 is 15.0 Å². The monoisotopic (exact) mass is 586 g/mol. The van der Waals surface area contributed by atoms with Crippen LogP contribution in [0.3, 0.4) is 0 Å². The molecule has 0 saturated carbocycles. The number of ketones is 2. The number of ether oxygens (including phenoxy) is 1. The molecule has 8 nitrogen and oxygen atoms in total. The number of fused-ring (bicyclic) bond motifs is 3. The third kappa shape index (κ3) is 4.20. The maximum absolute atomic E-state index is 14.2. The van der Waals surface area contributed by atoms with Crippen molar-refractivity contribution in [2.75, 3.05) is 17.3 Å². The molecule has 1 aliphatic heterocycles. The zero-order valence-electron chi connectivity index (χ0n) is 24.2. The molecule has 8 heteroatoms. The second-order valence-corrected chi connectivity index (χ2v) is 11.7. The molecule has 2 amide bonds. The maximum Gasteiger partial charge on any atom is 0.238 e. The number of carbonyl (C=O) groups excluding carboxylic acids is 4. The average molecular weight is 587 g/mol. The van der Waals surface area contributed by atoms with Gasteiger partial charge in [0.1, 0.15) is 11.5 Å². The summed E-state index contributed by atoms with van der Waals surface area (Å²) in [6.07, 6.45) is 3.74. The van der Waals surface area contributed by atoms with E-state index in [-0.39, 0.29) is 35.6 Å². The van der Waals surface area contributed by atoms with Crippen molar-refractivity contribution in [2.24, 2.45) is 17.8 Å². The minimum Gasteiger partial charge on any atom is -0.507 e. The quantitative estimate of drug-likeness (QED) is 0.221. The van der Waals surface area contributed by atoms with E-state index < -0.39 is 23.7 Å². The molecule has 0 radical (unpaired) electrons. The van der Waals surface area contributed by atoms with Crippen molar-refractivity contribution in [1.29, 1.82) is 0 Å². The van der Waals surface area contributed by atoms with Gasteiger partial charge in [-0.2, -0.15) is 0 Å². The van der Waals surface area contributed by atoms with E-state index in [4.69, 9.17) is 4.74 Å². The van der Waals surface area contributed by atoms with Crippen LogP contribution >= 0.6 is 0 Å². The molecule has 0 aromatic heterocycles. The predicted molar refractivity (Wildman–Crippen MR) is 165 cm³/mol. The number of nitrogens with zero attached hydrogens (tertiary/aromatic N) is 1. The SMILES string of the molecule is COc1cccc(O)c1[C@H]1C2=CC[C@@H]3C(=O)N(c4ccc(Nc5ccccc5)cc4)C(=O)[C@@H]3[C@@H]2CC2=C1C(=O)C=C(C)C2=O. The summed E-state index contributed by atoms with van der Waals surface area (Å²) in [7, 11) is 1.48. The number of Topliss-reactive ketones (excluding diaryl/α,β-unsaturated/α-hetero) is 1. The van der Waals surface area contributed by atoms with Crippen LogP contribution in [0.15, 0.2) is 107 Å². The molecule has 4 atom stereocenters. The van der Waals surface area contributed by atoms with Crippen LogP contribution in [0, 0.1) is 17.8 Å². The Bertz CT molecular complexity index is 1840. The average Bonchev–Trinajstić information content (AvgIpc) is 3.29. The molecule has 3 aliphatic carbocycles. The van der Waals surface area contributed by atoms with E-state index in [1.54, 1.807) is 31.2 Å². The standard InChI is InChI=1S/C36H30N2O6/c1-19-17-28(40)31-26(34(19)41)18-25-23(32(31)33-27(39)9-6-10-29(33)44-2)15-16-24-30(25)36(43)38(35(24)42)22-13-11-21(12-14-22)37-20-7-4-3-5-8-20/h3-15,17,24-25,30,32,37,39H,16,18H2,1-2H3/t24-,25+,30-,32-/m0/s1. The minimum absolute atomic E-state index is 0.0731. The Morgan fingerprint density at radius 3 is 2.32 bits per heavy atom. The highest BCUT2D eigenvalue weighted by molar-refractivity contribution is 6.25. The molecular formula is C36H30N2O6. The van der Waals surface area contributed by atoms with Crippen LogP contribution in [-0.4, -0.2) is 35.6 Å². The molecule has 0 unspecified atom stereocenters. The lowest BCUT2D eigenvalue weighted by molar-refractivity contribution is -0.123. The number of allylic oxidation sites excluding steroid dienone is 6. The summed E-state index contributed by atoms with van der Waals surface area (Å²) >= 11 is 0. The number of aromatic hydroxyl groups is 1. The molecule has 2 N–H and O–H groups in total. The van der Waals surface area contributed by atoms with Crippen molar-refractivity contribution < 1.29 is 29.0 Å². The van der Waals surface area contributed by atoms with Gasteiger partial charge in [-0.3, -0.25) is 24.1 Å². The van der Waals surface area contributed by atoms with Gasteiger partial charge in [0.05, 0.1) is 24.6 Å². The number of phenolic OH excluding ortho intramolecular Hbond substituents is 1. The molecule has 1 saturated heterocycles. The lowest BCUT2D eigenvalue weighted by atomic mass is 9.59. The second-order valence-electron chi connectivity index (χ2n) is 11.7. The van der Waals surface area contributed by atoms with Gasteiger partial charge in [-0.25, -0.2) is 0 Å². The molecule has 0 bridgehead atoms. The number of hydrogen-bond donors (Lipinski definition) is 2. The van der Waals surface area contributed by atoms with Gasteiger partial charge >= 0.3 is 0 Å². The lowest BCUT2D eigenvalue weighted by Crippen LogP contribution is -2.40. The molecule has 3 aromatic carbocycles. The Labute approximate surface area is 254 Å². The molecular weight excluding hydrogens is 556 g/mol. The van der Waals surface area contributed by atoms with E-state index in [2.05, 4.69) is 5.32 Å². The van der Waals surface area contributed by atoms with Gasteiger partial charge in [-0.15, -0.1) is 0 Å². The van der Waals surface area contributed by atoms with Crippen LogP contribution in [0.25, 0.3) is 0 Å². The van der Waals surface area contributed by atoms with Gasteiger partial charge in [-0.05, 0) is 80.3 Å². The van der Waals surface area contributed by atoms with Gasteiger partial charge < -0.3 is 15.2 Å². The number of anilines is 3. The minimum atomic E-state index is -0.790. The molecule has 44 heavy (non-hydrogen) atoms. The topological polar surface area (TPSA) is 113 Å². The van der Waals surface area contributed by atoms with Crippen molar-refractivity contribution in [1.82, 2.24) is 0 Å². The third-order valence-electron chi connectivity index (χ3n) is 9.30. The first-order chi connectivity index (χ1) is 21.3. The summed E-state index contributed by atoms with van der Waals surface area (Å²) in [6, 6.07) is 21.7. The first kappa shape index (κ1) is 27.6. The fraction of sp³-hybridized carbons (Fsp3) is 0.222. The summed E-state index contributed by atoms with van der Waals surface area (Å²) in [5.41, 5.74) is 4.31. The van der Waals surface area contributed by atoms with Crippen LogP contribution in [0.2, 0.25) is 0 Å². The van der Waals surface area contributed by atoms with Crippen LogP contribution in [0.1, 0.15) is 31.2 Å². The van der Waals surface area contributed by atoms with E-state index in [0.717, 1.165) is 16.9 Å². The van der Waals surface area contributed by atoms with E-state index in [9.17, 15) is 24.3 Å². The maximum atomic E-state index is 14.2. The molecule has 220 valence electrons. The number of phenols is 1. The number of nitrogens with one attached hydrogen (secondary N) is 1. The van der Waals surface area contributed by atoms with Crippen LogP contribution in [-0.2, 0) is 19.2 Å². The van der Waals surface area contributed by atoms with E-state index in [1.165, 1.54) is 24.2 Å². The first-order valence-corrected chi connectivity index (χ1v) is 14.6. The van der Waals surface area contributed by atoms with Crippen LogP contribution in [0.4, 0.5) is 17.1 Å². The largest absolute Gasteiger partial charge is 0.507 e. The Balaban J connectivity index is 1.28. The van der Waals surface area contributed by atoms with Gasteiger partial charge in [0, 0.05) is 39.6 Å². The summed E-state index contributed by atoms with van der Waals surface area (Å²) < 4.78 is 5.61. The summed E-state index contributed by atoms with van der Waals surface area (Å²) in [5, 5.41) is 14.4. The molecule has 4 aliphatic rings. The molecule has 1 heterocycles. The smallest absolute Gasteiger partial charge is 0.238 e. The predicted octanol–water partition coefficient (Wildman–Crippen LogP) is 5.78. The zero-order valence-corrected chi connectivity index (χ0v) is 24.2. The Hall–Kier alpha value is -5.24. The highest BCUT2D eigenvalue weighted by Crippen LogP contribution is 2.57. The van der Waals surface area contributed by atoms with E-state index in [1.807, 2.05) is 48.5 Å². The van der Waals surface area contributed by atoms with Crippen molar-refractivity contribution in [2.45, 2.75) is 25.7 Å². The molecule has 7 rings (SSSR count). The molecule has 1 fully saturated rings. The summed E-state index contributed by atoms with van der Waals surface area (Å²) in [5.74, 6) is -3.47. The van der Waals surface area contributed by atoms with Crippen molar-refractivity contribution in [3.63, 3.8) is 0 Å². The second kappa shape index (κ2) is 10.5. The molecule has 0 spiro atoms. The number of carbonyl (C=O) groups is 4. The van der Waals surface area contributed by atoms with Gasteiger partial charge in [0.2, 0.25) is 11.8 Å². The Kier molecular flexibility index (Phi) is 6.57. The number of hydrogen-bond acceptors (Lipinski definition) is 7. The number of benzene rings is 3. The highest BCUT2D eigenvalue weighted by Gasteiger charge is 2.57. The van der Waals surface area contributed by atoms with Gasteiger partial charge in [0.25, 0.3) is 0 Å². The Morgan fingerprint density at radius 2 is 1.59 bits per heavy atom. The first-order valence-electron chi connectivity index (χ1n) is 14.6.